The van der Waals surface area contributed by atoms with Crippen molar-refractivity contribution in [2.45, 2.75) is 45.4 Å². The number of ether oxygens (including phenoxy) is 1. The molecule has 2 N–H and O–H groups in total. The molecule has 0 radical (unpaired) electrons. The lowest BCUT2D eigenvalue weighted by molar-refractivity contribution is -0.00866. The van der Waals surface area contributed by atoms with E-state index in [1.807, 2.05) is 20.8 Å². The molecule has 3 rings (SSSR count). The second-order valence-electron chi connectivity index (χ2n) is 6.55. The zero-order valence-electron chi connectivity index (χ0n) is 13.3. The van der Waals surface area contributed by atoms with Gasteiger partial charge in [0, 0.05) is 6.54 Å². The van der Waals surface area contributed by atoms with Crippen molar-refractivity contribution in [3.8, 4) is 0 Å². The normalized spacial score (nSPS) is 18.1. The van der Waals surface area contributed by atoms with Crippen molar-refractivity contribution in [3.63, 3.8) is 0 Å². The number of halogens is 1. The van der Waals surface area contributed by atoms with Gasteiger partial charge in [-0.15, -0.1) is 0 Å². The van der Waals surface area contributed by atoms with Crippen LogP contribution in [0.2, 0.25) is 0 Å². The Bertz CT molecular complexity index is 754. The average molecular weight is 430 g/mol. The van der Waals surface area contributed by atoms with Crippen molar-refractivity contribution in [1.82, 2.24) is 24.6 Å². The summed E-state index contributed by atoms with van der Waals surface area (Å²) < 4.78 is 7.98. The summed E-state index contributed by atoms with van der Waals surface area (Å²) in [5.41, 5.74) is 6.10. The molecular formula is C14H19IN6O2. The van der Waals surface area contributed by atoms with E-state index in [4.69, 9.17) is 10.5 Å². The molecule has 8 nitrogen and oxygen atoms in total. The number of hydrogen-bond donors (Lipinski definition) is 1. The number of aromatic nitrogens is 4. The van der Waals surface area contributed by atoms with Crippen LogP contribution in [0.5, 0.6) is 0 Å². The Kier molecular flexibility index (Phi) is 4.07. The Morgan fingerprint density at radius 3 is 2.83 bits per heavy atom. The van der Waals surface area contributed by atoms with Crippen LogP contribution in [-0.4, -0.2) is 48.9 Å². The van der Waals surface area contributed by atoms with Gasteiger partial charge in [0.1, 0.15) is 21.4 Å². The second kappa shape index (κ2) is 5.77. The summed E-state index contributed by atoms with van der Waals surface area (Å²) in [6.45, 7) is 6.86. The monoisotopic (exact) mass is 430 g/mol. The Labute approximate surface area is 147 Å². The highest BCUT2D eigenvalue weighted by Gasteiger charge is 2.36. The minimum atomic E-state index is -0.493. The van der Waals surface area contributed by atoms with Crippen LogP contribution >= 0.6 is 22.6 Å². The third-order valence-electron chi connectivity index (χ3n) is 3.67. The average Bonchev–Trinajstić information content (AvgIpc) is 2.70. The Hall–Kier alpha value is -1.65. The molecule has 0 saturated carbocycles. The first-order valence-electron chi connectivity index (χ1n) is 7.38. The molecule has 23 heavy (non-hydrogen) atoms. The van der Waals surface area contributed by atoms with E-state index in [9.17, 15) is 4.79 Å². The number of carbonyl (C=O) groups excluding carboxylic acids is 1. The Morgan fingerprint density at radius 2 is 2.22 bits per heavy atom. The maximum absolute atomic E-state index is 12.2. The Morgan fingerprint density at radius 1 is 1.48 bits per heavy atom. The van der Waals surface area contributed by atoms with E-state index in [2.05, 4.69) is 37.7 Å². The summed E-state index contributed by atoms with van der Waals surface area (Å²) in [5, 5.41) is 5.24. The third-order valence-corrected chi connectivity index (χ3v) is 4.43. The highest BCUT2D eigenvalue weighted by atomic mass is 127. The number of amides is 1. The van der Waals surface area contributed by atoms with E-state index in [1.54, 1.807) is 9.58 Å². The Balaban J connectivity index is 1.78. The van der Waals surface area contributed by atoms with Crippen LogP contribution in [0, 0.1) is 3.70 Å². The molecule has 9 heteroatoms. The van der Waals surface area contributed by atoms with E-state index in [0.29, 0.717) is 24.6 Å². The molecule has 3 heterocycles. The van der Waals surface area contributed by atoms with Crippen molar-refractivity contribution < 1.29 is 9.53 Å². The van der Waals surface area contributed by atoms with Crippen LogP contribution in [0.1, 0.15) is 27.2 Å². The maximum Gasteiger partial charge on any atom is 0.410 e. The standard InChI is InChI=1S/C14H19IN6O2/c1-14(2,3)23-13(22)20-5-4-8(20)6-21-12-9(10(15)19-21)11(16)17-7-18-12/h7-8H,4-6H2,1-3H3,(H2,16,17,18)/t8-/m1/s1. The fourth-order valence-electron chi connectivity index (χ4n) is 2.50. The zero-order valence-corrected chi connectivity index (χ0v) is 15.4. The molecule has 1 amide bonds. The van der Waals surface area contributed by atoms with Gasteiger partial charge in [0.25, 0.3) is 0 Å². The maximum atomic E-state index is 12.2. The minimum absolute atomic E-state index is 0.0555. The van der Waals surface area contributed by atoms with E-state index in [0.717, 1.165) is 15.5 Å². The quantitative estimate of drug-likeness (QED) is 0.733. The van der Waals surface area contributed by atoms with Crippen molar-refractivity contribution >= 4 is 45.5 Å². The number of hydrogen-bond acceptors (Lipinski definition) is 6. The molecule has 0 aromatic carbocycles. The lowest BCUT2D eigenvalue weighted by Crippen LogP contribution is -2.54. The van der Waals surface area contributed by atoms with Crippen LogP contribution in [0.3, 0.4) is 0 Å². The summed E-state index contributed by atoms with van der Waals surface area (Å²) in [6.07, 6.45) is 2.06. The number of nitrogens with two attached hydrogens (primary N) is 1. The summed E-state index contributed by atoms with van der Waals surface area (Å²) in [7, 11) is 0. The van der Waals surface area contributed by atoms with E-state index < -0.39 is 5.60 Å². The lowest BCUT2D eigenvalue weighted by atomic mass is 10.0. The molecule has 0 spiro atoms. The van der Waals surface area contributed by atoms with Crippen LogP contribution < -0.4 is 5.73 Å². The summed E-state index contributed by atoms with van der Waals surface area (Å²) in [5.74, 6) is 0.420. The van der Waals surface area contributed by atoms with Crippen LogP contribution in [0.4, 0.5) is 10.6 Å². The molecule has 1 aliphatic heterocycles. The van der Waals surface area contributed by atoms with Crippen molar-refractivity contribution in [2.24, 2.45) is 0 Å². The second-order valence-corrected chi connectivity index (χ2v) is 7.57. The first-order valence-corrected chi connectivity index (χ1v) is 8.46. The van der Waals surface area contributed by atoms with Gasteiger partial charge >= 0.3 is 6.09 Å². The van der Waals surface area contributed by atoms with Gasteiger partial charge in [-0.3, -0.25) is 0 Å². The number of fused-ring (bicyclic) bond motifs is 1. The third kappa shape index (κ3) is 3.19. The fraction of sp³-hybridized carbons (Fsp3) is 0.571. The smallest absolute Gasteiger partial charge is 0.410 e. The first kappa shape index (κ1) is 16.2. The zero-order chi connectivity index (χ0) is 16.8. The molecule has 0 aliphatic carbocycles. The minimum Gasteiger partial charge on any atom is -0.444 e. The molecule has 0 unspecified atom stereocenters. The topological polar surface area (TPSA) is 99.2 Å². The van der Waals surface area contributed by atoms with Gasteiger partial charge in [0.15, 0.2) is 5.65 Å². The molecule has 124 valence electrons. The summed E-state index contributed by atoms with van der Waals surface area (Å²) in [6, 6.07) is 0.0555. The number of carbonyl (C=O) groups is 1. The largest absolute Gasteiger partial charge is 0.444 e. The number of likely N-dealkylation sites (tertiary alicyclic amines) is 1. The summed E-state index contributed by atoms with van der Waals surface area (Å²) >= 11 is 2.12. The molecule has 2 aromatic heterocycles. The van der Waals surface area contributed by atoms with E-state index in [1.165, 1.54) is 6.33 Å². The van der Waals surface area contributed by atoms with Gasteiger partial charge in [-0.05, 0) is 49.8 Å². The van der Waals surface area contributed by atoms with Crippen molar-refractivity contribution in [2.75, 3.05) is 12.3 Å². The highest BCUT2D eigenvalue weighted by Crippen LogP contribution is 2.26. The van der Waals surface area contributed by atoms with Gasteiger partial charge in [0.2, 0.25) is 0 Å². The SMILES string of the molecule is CC(C)(C)OC(=O)N1CC[C@@H]1Cn1nc(I)c2c(N)ncnc21. The molecule has 1 fully saturated rings. The molecule has 1 atom stereocenters. The molecule has 0 bridgehead atoms. The first-order chi connectivity index (χ1) is 10.8. The molecule has 1 saturated heterocycles. The van der Waals surface area contributed by atoms with E-state index >= 15 is 0 Å². The number of rotatable bonds is 2. The number of nitrogens with zero attached hydrogens (tertiary/aromatic N) is 5. The van der Waals surface area contributed by atoms with Gasteiger partial charge < -0.3 is 15.4 Å². The van der Waals surface area contributed by atoms with Gasteiger partial charge in [-0.2, -0.15) is 5.10 Å². The van der Waals surface area contributed by atoms with Crippen LogP contribution in [0.25, 0.3) is 11.0 Å². The molecule has 2 aromatic rings. The van der Waals surface area contributed by atoms with E-state index in [-0.39, 0.29) is 12.1 Å². The van der Waals surface area contributed by atoms with Crippen molar-refractivity contribution in [3.05, 3.63) is 10.0 Å². The number of nitrogen functional groups attached to an aromatic ring is 1. The molecule has 1 aliphatic rings. The highest BCUT2D eigenvalue weighted by molar-refractivity contribution is 14.1. The van der Waals surface area contributed by atoms with Crippen LogP contribution in [-0.2, 0) is 11.3 Å². The predicted molar refractivity (Wildman–Crippen MR) is 93.8 cm³/mol. The lowest BCUT2D eigenvalue weighted by Gasteiger charge is -2.41. The van der Waals surface area contributed by atoms with Gasteiger partial charge in [0.05, 0.1) is 18.0 Å². The van der Waals surface area contributed by atoms with Gasteiger partial charge in [-0.1, -0.05) is 0 Å². The predicted octanol–water partition coefficient (Wildman–Crippen LogP) is 2.02. The van der Waals surface area contributed by atoms with Crippen molar-refractivity contribution in [1.29, 1.82) is 0 Å². The molecular weight excluding hydrogens is 411 g/mol. The van der Waals surface area contributed by atoms with Gasteiger partial charge in [-0.25, -0.2) is 19.4 Å². The van der Waals surface area contributed by atoms with Crippen LogP contribution in [0.15, 0.2) is 6.33 Å². The fourth-order valence-corrected chi connectivity index (χ4v) is 3.28. The summed E-state index contributed by atoms with van der Waals surface area (Å²) in [4.78, 5) is 22.2. The number of anilines is 1.